The second-order valence-electron chi connectivity index (χ2n) is 6.49. The van der Waals surface area contributed by atoms with Crippen LogP contribution in [0.2, 0.25) is 5.15 Å². The van der Waals surface area contributed by atoms with Crippen molar-refractivity contribution in [1.29, 1.82) is 0 Å². The molecule has 8 heteroatoms. The molecule has 1 aromatic heterocycles. The van der Waals surface area contributed by atoms with Crippen molar-refractivity contribution in [3.63, 3.8) is 0 Å². The van der Waals surface area contributed by atoms with Crippen molar-refractivity contribution in [2.75, 3.05) is 18.0 Å². The fraction of sp³-hybridized carbons (Fsp3) is 0.625. The molecule has 1 unspecified atom stereocenters. The molecular weight excluding hydrogens is 332 g/mol. The molecule has 2 aliphatic rings. The van der Waals surface area contributed by atoms with Gasteiger partial charge in [0.05, 0.1) is 11.8 Å². The standard InChI is InChI=1S/C16H21ClN4O3/c17-13-6-7-14(20-19-13)21-8-2-3-10(9-21)15(22)18-12-5-1-4-11(12)16(23)24/h6-7,10-12H,1-5,8-9H2,(H,18,22)(H,23,24)/t10?,11-,12+/m1/s1. The quantitative estimate of drug-likeness (QED) is 0.856. The van der Waals surface area contributed by atoms with Gasteiger partial charge in [-0.2, -0.15) is 0 Å². The third-order valence-electron chi connectivity index (χ3n) is 4.89. The van der Waals surface area contributed by atoms with E-state index < -0.39 is 11.9 Å². The van der Waals surface area contributed by atoms with Gasteiger partial charge in [-0.25, -0.2) is 0 Å². The minimum atomic E-state index is -0.820. The van der Waals surface area contributed by atoms with Gasteiger partial charge >= 0.3 is 5.97 Å². The summed E-state index contributed by atoms with van der Waals surface area (Å²) in [5.41, 5.74) is 0. The number of nitrogens with zero attached hydrogens (tertiary/aromatic N) is 3. The molecule has 0 spiro atoms. The average Bonchev–Trinajstić information content (AvgIpc) is 3.04. The summed E-state index contributed by atoms with van der Waals surface area (Å²) in [4.78, 5) is 25.8. The van der Waals surface area contributed by atoms with Crippen molar-refractivity contribution in [3.8, 4) is 0 Å². The molecule has 1 aromatic rings. The maximum atomic E-state index is 12.6. The molecule has 24 heavy (non-hydrogen) atoms. The molecule has 2 N–H and O–H groups in total. The van der Waals surface area contributed by atoms with E-state index in [1.807, 2.05) is 4.90 Å². The lowest BCUT2D eigenvalue weighted by Crippen LogP contribution is -2.48. The first-order valence-electron chi connectivity index (χ1n) is 8.32. The average molecular weight is 353 g/mol. The van der Waals surface area contributed by atoms with Gasteiger partial charge < -0.3 is 15.3 Å². The van der Waals surface area contributed by atoms with Gasteiger partial charge in [-0.05, 0) is 37.8 Å². The summed E-state index contributed by atoms with van der Waals surface area (Å²) in [6.45, 7) is 1.38. The van der Waals surface area contributed by atoms with Gasteiger partial charge in [0.1, 0.15) is 0 Å². The Morgan fingerprint density at radius 2 is 2.04 bits per heavy atom. The number of carboxylic acid groups (broad SMARTS) is 1. The van der Waals surface area contributed by atoms with Gasteiger partial charge in [0.15, 0.2) is 11.0 Å². The lowest BCUT2D eigenvalue weighted by Gasteiger charge is -2.33. The number of rotatable bonds is 4. The number of halogens is 1. The Morgan fingerprint density at radius 1 is 1.21 bits per heavy atom. The van der Waals surface area contributed by atoms with Crippen LogP contribution in [0.25, 0.3) is 0 Å². The normalized spacial score (nSPS) is 27.0. The van der Waals surface area contributed by atoms with E-state index in [0.29, 0.717) is 23.9 Å². The largest absolute Gasteiger partial charge is 0.481 e. The number of amides is 1. The zero-order chi connectivity index (χ0) is 17.1. The maximum Gasteiger partial charge on any atom is 0.308 e. The van der Waals surface area contributed by atoms with Crippen molar-refractivity contribution in [2.24, 2.45) is 11.8 Å². The highest BCUT2D eigenvalue weighted by atomic mass is 35.5. The van der Waals surface area contributed by atoms with Gasteiger partial charge in [-0.1, -0.05) is 18.0 Å². The number of piperidine rings is 1. The van der Waals surface area contributed by atoms with E-state index in [1.165, 1.54) is 0 Å². The maximum absolute atomic E-state index is 12.6. The molecule has 0 bridgehead atoms. The predicted octanol–water partition coefficient (Wildman–Crippen LogP) is 1.72. The molecular formula is C16H21ClN4O3. The minimum absolute atomic E-state index is 0.0558. The Balaban J connectivity index is 1.61. The number of anilines is 1. The molecule has 2 fully saturated rings. The van der Waals surface area contributed by atoms with E-state index in [4.69, 9.17) is 11.6 Å². The predicted molar refractivity (Wildman–Crippen MR) is 88.9 cm³/mol. The van der Waals surface area contributed by atoms with Crippen LogP contribution >= 0.6 is 11.6 Å². The van der Waals surface area contributed by atoms with Crippen LogP contribution in [-0.2, 0) is 9.59 Å². The van der Waals surface area contributed by atoms with Gasteiger partial charge in [0.2, 0.25) is 5.91 Å². The fourth-order valence-corrected chi connectivity index (χ4v) is 3.71. The number of hydrogen-bond acceptors (Lipinski definition) is 5. The smallest absolute Gasteiger partial charge is 0.308 e. The molecule has 1 aliphatic heterocycles. The summed E-state index contributed by atoms with van der Waals surface area (Å²) < 4.78 is 0. The lowest BCUT2D eigenvalue weighted by atomic mass is 9.95. The monoisotopic (exact) mass is 352 g/mol. The van der Waals surface area contributed by atoms with E-state index in [1.54, 1.807) is 12.1 Å². The molecule has 130 valence electrons. The number of nitrogens with one attached hydrogen (secondary N) is 1. The number of aromatic nitrogens is 2. The molecule has 1 aliphatic carbocycles. The van der Waals surface area contributed by atoms with Crippen molar-refractivity contribution in [3.05, 3.63) is 17.3 Å². The molecule has 1 saturated heterocycles. The lowest BCUT2D eigenvalue weighted by molar-refractivity contribution is -0.142. The molecule has 1 amide bonds. The topological polar surface area (TPSA) is 95.4 Å². The Morgan fingerprint density at radius 3 is 2.75 bits per heavy atom. The number of carboxylic acids is 1. The fourth-order valence-electron chi connectivity index (χ4n) is 3.61. The Hall–Kier alpha value is -1.89. The highest BCUT2D eigenvalue weighted by molar-refractivity contribution is 6.29. The third-order valence-corrected chi connectivity index (χ3v) is 5.10. The molecule has 1 saturated carbocycles. The highest BCUT2D eigenvalue weighted by Crippen LogP contribution is 2.27. The van der Waals surface area contributed by atoms with Crippen LogP contribution < -0.4 is 10.2 Å². The van der Waals surface area contributed by atoms with E-state index in [0.717, 1.165) is 32.2 Å². The Labute approximate surface area is 145 Å². The van der Waals surface area contributed by atoms with Crippen LogP contribution in [0.1, 0.15) is 32.1 Å². The summed E-state index contributed by atoms with van der Waals surface area (Å²) in [7, 11) is 0. The van der Waals surface area contributed by atoms with Gasteiger partial charge in [0.25, 0.3) is 0 Å². The van der Waals surface area contributed by atoms with Crippen molar-refractivity contribution >= 4 is 29.3 Å². The molecule has 3 rings (SSSR count). The van der Waals surface area contributed by atoms with Crippen molar-refractivity contribution in [1.82, 2.24) is 15.5 Å². The zero-order valence-corrected chi connectivity index (χ0v) is 14.1. The second-order valence-corrected chi connectivity index (χ2v) is 6.88. The summed E-state index contributed by atoms with van der Waals surface area (Å²) in [5.74, 6) is -0.789. The van der Waals surface area contributed by atoms with E-state index in [9.17, 15) is 14.7 Å². The number of aliphatic carboxylic acids is 1. The van der Waals surface area contributed by atoms with Gasteiger partial charge in [-0.3, -0.25) is 9.59 Å². The molecule has 3 atom stereocenters. The van der Waals surface area contributed by atoms with E-state index in [-0.39, 0.29) is 17.9 Å². The van der Waals surface area contributed by atoms with Crippen LogP contribution in [0.5, 0.6) is 0 Å². The van der Waals surface area contributed by atoms with Gasteiger partial charge in [-0.15, -0.1) is 10.2 Å². The van der Waals surface area contributed by atoms with Crippen molar-refractivity contribution in [2.45, 2.75) is 38.1 Å². The first-order chi connectivity index (χ1) is 11.5. The van der Waals surface area contributed by atoms with Crippen molar-refractivity contribution < 1.29 is 14.7 Å². The highest BCUT2D eigenvalue weighted by Gasteiger charge is 2.36. The Kier molecular flexibility index (Phi) is 5.18. The van der Waals surface area contributed by atoms with E-state index in [2.05, 4.69) is 15.5 Å². The summed E-state index contributed by atoms with van der Waals surface area (Å²) in [5, 5.41) is 20.4. The van der Waals surface area contributed by atoms with Crippen LogP contribution in [0.4, 0.5) is 5.82 Å². The summed E-state index contributed by atoms with van der Waals surface area (Å²) in [6.07, 6.45) is 3.90. The Bertz CT molecular complexity index is 610. The van der Waals surface area contributed by atoms with Crippen LogP contribution in [-0.4, -0.2) is 46.3 Å². The first-order valence-corrected chi connectivity index (χ1v) is 8.70. The third kappa shape index (κ3) is 3.77. The van der Waals surface area contributed by atoms with Crippen LogP contribution in [0.15, 0.2) is 12.1 Å². The first kappa shape index (κ1) is 17.0. The van der Waals surface area contributed by atoms with Gasteiger partial charge in [0, 0.05) is 19.1 Å². The number of carbonyl (C=O) groups excluding carboxylic acids is 1. The zero-order valence-electron chi connectivity index (χ0n) is 13.3. The molecule has 7 nitrogen and oxygen atoms in total. The van der Waals surface area contributed by atoms with Crippen LogP contribution in [0, 0.1) is 11.8 Å². The minimum Gasteiger partial charge on any atom is -0.481 e. The summed E-state index contributed by atoms with van der Waals surface area (Å²) >= 11 is 5.76. The van der Waals surface area contributed by atoms with Crippen LogP contribution in [0.3, 0.4) is 0 Å². The SMILES string of the molecule is O=C(N[C@H]1CCC[C@H]1C(=O)O)C1CCCN(c2ccc(Cl)nn2)C1. The molecule has 2 heterocycles. The molecule has 0 radical (unpaired) electrons. The number of carbonyl (C=O) groups is 2. The van der Waals surface area contributed by atoms with E-state index >= 15 is 0 Å². The number of hydrogen-bond donors (Lipinski definition) is 2. The second kappa shape index (κ2) is 7.34. The molecule has 0 aromatic carbocycles. The summed E-state index contributed by atoms with van der Waals surface area (Å²) in [6, 6.07) is 3.23.